The molecule has 0 radical (unpaired) electrons. The van der Waals surface area contributed by atoms with Crippen molar-refractivity contribution in [2.75, 3.05) is 0 Å². The molecule has 2 rings (SSSR count). The molecule has 4 heteroatoms. The van der Waals surface area contributed by atoms with Gasteiger partial charge in [0.25, 0.3) is 0 Å². The van der Waals surface area contributed by atoms with Crippen molar-refractivity contribution in [2.45, 2.75) is 6.42 Å². The number of carbonyl (C=O) groups is 1. The van der Waals surface area contributed by atoms with Crippen molar-refractivity contribution in [2.24, 2.45) is 0 Å². The normalized spacial score (nSPS) is 10.2. The van der Waals surface area contributed by atoms with Gasteiger partial charge in [-0.1, -0.05) is 23.7 Å². The second-order valence-corrected chi connectivity index (χ2v) is 3.95. The highest BCUT2D eigenvalue weighted by Crippen LogP contribution is 2.13. The summed E-state index contributed by atoms with van der Waals surface area (Å²) in [4.78, 5) is 15.7. The fraction of sp³-hybridized carbons (Fsp3) is 0.0769. The Morgan fingerprint density at radius 1 is 1.29 bits per heavy atom. The summed E-state index contributed by atoms with van der Waals surface area (Å²) < 4.78 is 13.4. The lowest BCUT2D eigenvalue weighted by molar-refractivity contribution is 0.0989. The van der Waals surface area contributed by atoms with Crippen molar-refractivity contribution in [1.82, 2.24) is 4.98 Å². The largest absolute Gasteiger partial charge is 0.294 e. The van der Waals surface area contributed by atoms with Gasteiger partial charge in [-0.05, 0) is 29.8 Å². The molecule has 0 fully saturated rings. The number of carbonyl (C=O) groups excluding carboxylic acids is 1. The van der Waals surface area contributed by atoms with Gasteiger partial charge in [0, 0.05) is 12.6 Å². The SMILES string of the molecule is O=C(Cc1ccnc(Cl)c1)c1ccccc1F. The van der Waals surface area contributed by atoms with Crippen LogP contribution in [0.1, 0.15) is 15.9 Å². The molecular formula is C13H9ClFNO. The van der Waals surface area contributed by atoms with Crippen LogP contribution in [0.3, 0.4) is 0 Å². The minimum Gasteiger partial charge on any atom is -0.294 e. The zero-order valence-corrected chi connectivity index (χ0v) is 9.62. The summed E-state index contributed by atoms with van der Waals surface area (Å²) in [6.07, 6.45) is 1.63. The summed E-state index contributed by atoms with van der Waals surface area (Å²) in [7, 11) is 0. The summed E-state index contributed by atoms with van der Waals surface area (Å²) in [5.74, 6) is -0.775. The quantitative estimate of drug-likeness (QED) is 0.617. The van der Waals surface area contributed by atoms with Gasteiger partial charge in [-0.25, -0.2) is 9.37 Å². The molecular weight excluding hydrogens is 241 g/mol. The molecule has 0 atom stereocenters. The fourth-order valence-corrected chi connectivity index (χ4v) is 1.72. The fourth-order valence-electron chi connectivity index (χ4n) is 1.52. The number of nitrogens with zero attached hydrogens (tertiary/aromatic N) is 1. The van der Waals surface area contributed by atoms with Crippen LogP contribution >= 0.6 is 11.6 Å². The Kier molecular flexibility index (Phi) is 3.49. The minimum atomic E-state index is -0.502. The molecule has 0 aliphatic carbocycles. The first-order valence-electron chi connectivity index (χ1n) is 5.05. The Hall–Kier alpha value is -1.74. The van der Waals surface area contributed by atoms with E-state index in [0.717, 1.165) is 5.56 Å². The van der Waals surface area contributed by atoms with Crippen LogP contribution < -0.4 is 0 Å². The van der Waals surface area contributed by atoms with Crippen LogP contribution in [0.5, 0.6) is 0 Å². The lowest BCUT2D eigenvalue weighted by Crippen LogP contribution is -2.06. The van der Waals surface area contributed by atoms with Gasteiger partial charge in [-0.2, -0.15) is 0 Å². The molecule has 0 saturated heterocycles. The molecule has 2 nitrogen and oxygen atoms in total. The minimum absolute atomic E-state index is 0.0976. The van der Waals surface area contributed by atoms with E-state index in [1.165, 1.54) is 18.3 Å². The van der Waals surface area contributed by atoms with Crippen LogP contribution in [-0.4, -0.2) is 10.8 Å². The summed E-state index contributed by atoms with van der Waals surface area (Å²) in [6.45, 7) is 0. The maximum Gasteiger partial charge on any atom is 0.170 e. The smallest absolute Gasteiger partial charge is 0.170 e. The van der Waals surface area contributed by atoms with Gasteiger partial charge in [0.2, 0.25) is 0 Å². The van der Waals surface area contributed by atoms with Crippen LogP contribution in [0.15, 0.2) is 42.6 Å². The van der Waals surface area contributed by atoms with E-state index in [1.807, 2.05) is 0 Å². The second-order valence-electron chi connectivity index (χ2n) is 3.57. The van der Waals surface area contributed by atoms with Crippen molar-refractivity contribution >= 4 is 17.4 Å². The highest BCUT2D eigenvalue weighted by Gasteiger charge is 2.11. The summed E-state index contributed by atoms with van der Waals surface area (Å²) in [5, 5.41) is 0.323. The van der Waals surface area contributed by atoms with Gasteiger partial charge in [-0.3, -0.25) is 4.79 Å². The molecule has 0 unspecified atom stereocenters. The zero-order chi connectivity index (χ0) is 12.3. The third-order valence-electron chi connectivity index (χ3n) is 2.33. The standard InChI is InChI=1S/C13H9ClFNO/c14-13-8-9(5-6-16-13)7-12(17)10-3-1-2-4-11(10)15/h1-6,8H,7H2. The number of rotatable bonds is 3. The maximum absolute atomic E-state index is 13.4. The van der Waals surface area contributed by atoms with Gasteiger partial charge in [-0.15, -0.1) is 0 Å². The third kappa shape index (κ3) is 2.88. The van der Waals surface area contributed by atoms with Gasteiger partial charge in [0.1, 0.15) is 11.0 Å². The van der Waals surface area contributed by atoms with Crippen LogP contribution in [0, 0.1) is 5.82 Å². The Morgan fingerprint density at radius 2 is 2.06 bits per heavy atom. The molecule has 0 bridgehead atoms. The first-order chi connectivity index (χ1) is 8.16. The molecule has 1 aromatic heterocycles. The highest BCUT2D eigenvalue weighted by atomic mass is 35.5. The van der Waals surface area contributed by atoms with E-state index < -0.39 is 5.82 Å². The van der Waals surface area contributed by atoms with Gasteiger partial charge < -0.3 is 0 Å². The van der Waals surface area contributed by atoms with Crippen LogP contribution in [0.2, 0.25) is 5.15 Å². The molecule has 0 saturated carbocycles. The van der Waals surface area contributed by atoms with Crippen LogP contribution in [-0.2, 0) is 6.42 Å². The summed E-state index contributed by atoms with van der Waals surface area (Å²) in [6, 6.07) is 9.21. The van der Waals surface area contributed by atoms with E-state index in [2.05, 4.69) is 4.98 Å². The van der Waals surface area contributed by atoms with Crippen LogP contribution in [0.4, 0.5) is 4.39 Å². The van der Waals surface area contributed by atoms with Crippen molar-refractivity contribution in [1.29, 1.82) is 0 Å². The van der Waals surface area contributed by atoms with Gasteiger partial charge >= 0.3 is 0 Å². The van der Waals surface area contributed by atoms with E-state index in [1.54, 1.807) is 24.3 Å². The van der Waals surface area contributed by atoms with Crippen molar-refractivity contribution in [3.63, 3.8) is 0 Å². The Morgan fingerprint density at radius 3 is 2.76 bits per heavy atom. The van der Waals surface area contributed by atoms with Gasteiger partial charge in [0.05, 0.1) is 5.56 Å². The zero-order valence-electron chi connectivity index (χ0n) is 8.86. The van der Waals surface area contributed by atoms with E-state index in [9.17, 15) is 9.18 Å². The molecule has 0 N–H and O–H groups in total. The van der Waals surface area contributed by atoms with Crippen LogP contribution in [0.25, 0.3) is 0 Å². The monoisotopic (exact) mass is 249 g/mol. The topological polar surface area (TPSA) is 30.0 Å². The Balaban J connectivity index is 2.20. The molecule has 0 aliphatic heterocycles. The first-order valence-corrected chi connectivity index (χ1v) is 5.43. The van der Waals surface area contributed by atoms with Crippen molar-refractivity contribution in [3.05, 3.63) is 64.7 Å². The molecule has 1 heterocycles. The van der Waals surface area contributed by atoms with Crippen molar-refractivity contribution < 1.29 is 9.18 Å². The number of aromatic nitrogens is 1. The molecule has 1 aromatic carbocycles. The third-order valence-corrected chi connectivity index (χ3v) is 2.54. The first kappa shape index (κ1) is 11.7. The predicted octanol–water partition coefficient (Wildman–Crippen LogP) is 3.30. The van der Waals surface area contributed by atoms with Crippen molar-refractivity contribution in [3.8, 4) is 0 Å². The van der Waals surface area contributed by atoms with E-state index >= 15 is 0 Å². The number of halogens is 2. The molecule has 0 amide bonds. The van der Waals surface area contributed by atoms with Gasteiger partial charge in [0.15, 0.2) is 5.78 Å². The van der Waals surface area contributed by atoms with E-state index in [-0.39, 0.29) is 17.8 Å². The number of benzene rings is 1. The molecule has 17 heavy (non-hydrogen) atoms. The lowest BCUT2D eigenvalue weighted by Gasteiger charge is -2.02. The number of pyridine rings is 1. The molecule has 86 valence electrons. The average Bonchev–Trinajstić information content (AvgIpc) is 2.29. The maximum atomic E-state index is 13.4. The predicted molar refractivity (Wildman–Crippen MR) is 63.7 cm³/mol. The van der Waals surface area contributed by atoms with E-state index in [4.69, 9.17) is 11.6 Å². The Bertz CT molecular complexity index is 557. The number of ketones is 1. The average molecular weight is 250 g/mol. The Labute approximate surface area is 103 Å². The highest BCUT2D eigenvalue weighted by molar-refractivity contribution is 6.29. The number of Topliss-reactive ketones (excluding diaryl/α,β-unsaturated/α-hetero) is 1. The lowest BCUT2D eigenvalue weighted by atomic mass is 10.0. The second kappa shape index (κ2) is 5.06. The van der Waals surface area contributed by atoms with E-state index in [0.29, 0.717) is 5.15 Å². The molecule has 0 aliphatic rings. The molecule has 2 aromatic rings. The molecule has 0 spiro atoms. The number of hydrogen-bond acceptors (Lipinski definition) is 2. The number of hydrogen-bond donors (Lipinski definition) is 0. The summed E-state index contributed by atoms with van der Waals surface area (Å²) >= 11 is 5.71. The summed E-state index contributed by atoms with van der Waals surface area (Å²) in [5.41, 5.74) is 0.818.